The fourth-order valence-corrected chi connectivity index (χ4v) is 4.00. The lowest BCUT2D eigenvalue weighted by Crippen LogP contribution is -2.25. The van der Waals surface area contributed by atoms with Gasteiger partial charge in [0.25, 0.3) is 5.91 Å². The molecule has 0 aliphatic heterocycles. The summed E-state index contributed by atoms with van der Waals surface area (Å²) in [5.74, 6) is -0.0450. The second kappa shape index (κ2) is 4.85. The van der Waals surface area contributed by atoms with Crippen LogP contribution in [0.1, 0.15) is 33.6 Å². The van der Waals surface area contributed by atoms with Gasteiger partial charge in [-0.15, -0.1) is 11.3 Å². The first-order chi connectivity index (χ1) is 7.65. The first-order valence-electron chi connectivity index (χ1n) is 5.27. The molecule has 0 atom stereocenters. The van der Waals surface area contributed by atoms with Crippen LogP contribution in [0.25, 0.3) is 0 Å². The Labute approximate surface area is 107 Å². The quantitative estimate of drug-likeness (QED) is 0.786. The van der Waals surface area contributed by atoms with Crippen molar-refractivity contribution in [2.75, 3.05) is 14.2 Å². The van der Waals surface area contributed by atoms with Crippen molar-refractivity contribution >= 4 is 33.2 Å². The molecule has 0 saturated heterocycles. The predicted octanol–water partition coefficient (Wildman–Crippen LogP) is 3.02. The predicted molar refractivity (Wildman–Crippen MR) is 67.8 cm³/mol. The third-order valence-electron chi connectivity index (χ3n) is 2.92. The van der Waals surface area contributed by atoms with E-state index in [2.05, 4.69) is 15.9 Å². The lowest BCUT2D eigenvalue weighted by Gasteiger charge is -2.16. The van der Waals surface area contributed by atoms with Crippen LogP contribution in [0.5, 0.6) is 0 Å². The van der Waals surface area contributed by atoms with Crippen molar-refractivity contribution in [1.82, 2.24) is 5.06 Å². The number of nitrogens with zero attached hydrogens (tertiary/aromatic N) is 1. The number of rotatable bonds is 2. The maximum Gasteiger partial charge on any atom is 0.287 e. The molecule has 0 saturated carbocycles. The molecule has 1 heterocycles. The molecule has 1 aromatic rings. The molecular formula is C11H14BrNO2S. The van der Waals surface area contributed by atoms with Crippen LogP contribution < -0.4 is 0 Å². The zero-order chi connectivity index (χ0) is 11.7. The van der Waals surface area contributed by atoms with Gasteiger partial charge in [-0.25, -0.2) is 5.06 Å². The molecule has 5 heteroatoms. The van der Waals surface area contributed by atoms with Gasteiger partial charge in [0.2, 0.25) is 0 Å². The fraction of sp³-hybridized carbons (Fsp3) is 0.545. The smallest absolute Gasteiger partial charge is 0.274 e. The number of hydrogen-bond acceptors (Lipinski definition) is 3. The minimum atomic E-state index is -0.0450. The van der Waals surface area contributed by atoms with E-state index in [1.165, 1.54) is 47.5 Å². The number of halogens is 1. The number of fused-ring (bicyclic) bond motifs is 1. The van der Waals surface area contributed by atoms with Gasteiger partial charge in [0.05, 0.1) is 15.8 Å². The lowest BCUT2D eigenvalue weighted by molar-refractivity contribution is -0.0754. The summed E-state index contributed by atoms with van der Waals surface area (Å²) in [6.07, 6.45) is 4.48. The van der Waals surface area contributed by atoms with Gasteiger partial charge < -0.3 is 0 Å². The Morgan fingerprint density at radius 1 is 1.38 bits per heavy atom. The van der Waals surface area contributed by atoms with Crippen molar-refractivity contribution in [2.45, 2.75) is 25.7 Å². The van der Waals surface area contributed by atoms with E-state index in [9.17, 15) is 4.79 Å². The number of hydrogen-bond donors (Lipinski definition) is 0. The van der Waals surface area contributed by atoms with Gasteiger partial charge in [0, 0.05) is 7.05 Å². The third kappa shape index (κ3) is 2.04. The SMILES string of the molecule is CON(C)C(=O)c1sc(Br)c2c1CCCC2. The van der Waals surface area contributed by atoms with Crippen LogP contribution in [-0.4, -0.2) is 25.1 Å². The summed E-state index contributed by atoms with van der Waals surface area (Å²) in [4.78, 5) is 17.8. The Morgan fingerprint density at radius 3 is 2.62 bits per heavy atom. The van der Waals surface area contributed by atoms with Crippen molar-refractivity contribution in [3.63, 3.8) is 0 Å². The maximum absolute atomic E-state index is 12.1. The summed E-state index contributed by atoms with van der Waals surface area (Å²) in [7, 11) is 3.15. The highest BCUT2D eigenvalue weighted by Crippen LogP contribution is 2.38. The summed E-state index contributed by atoms with van der Waals surface area (Å²) in [6.45, 7) is 0. The van der Waals surface area contributed by atoms with Crippen LogP contribution in [0.4, 0.5) is 0 Å². The van der Waals surface area contributed by atoms with Crippen LogP contribution in [0, 0.1) is 0 Å². The number of carbonyl (C=O) groups excluding carboxylic acids is 1. The van der Waals surface area contributed by atoms with Crippen LogP contribution in [0.15, 0.2) is 3.79 Å². The molecule has 1 aliphatic carbocycles. The summed E-state index contributed by atoms with van der Waals surface area (Å²) >= 11 is 5.08. The first-order valence-corrected chi connectivity index (χ1v) is 6.88. The molecular weight excluding hydrogens is 290 g/mol. The van der Waals surface area contributed by atoms with E-state index in [1.807, 2.05) is 0 Å². The third-order valence-corrected chi connectivity index (χ3v) is 4.94. The van der Waals surface area contributed by atoms with Crippen molar-refractivity contribution in [1.29, 1.82) is 0 Å². The Hall–Kier alpha value is -0.390. The molecule has 16 heavy (non-hydrogen) atoms. The Morgan fingerprint density at radius 2 is 2.00 bits per heavy atom. The molecule has 2 rings (SSSR count). The van der Waals surface area contributed by atoms with E-state index in [4.69, 9.17) is 4.84 Å². The number of carbonyl (C=O) groups is 1. The average molecular weight is 304 g/mol. The summed E-state index contributed by atoms with van der Waals surface area (Å²) in [6, 6.07) is 0. The van der Waals surface area contributed by atoms with E-state index >= 15 is 0 Å². The van der Waals surface area contributed by atoms with Crippen LogP contribution in [0.2, 0.25) is 0 Å². The van der Waals surface area contributed by atoms with Crippen LogP contribution >= 0.6 is 27.3 Å². The normalized spacial score (nSPS) is 14.7. The zero-order valence-corrected chi connectivity index (χ0v) is 11.8. The van der Waals surface area contributed by atoms with E-state index in [1.54, 1.807) is 7.05 Å². The molecule has 0 aromatic carbocycles. The summed E-state index contributed by atoms with van der Waals surface area (Å²) < 4.78 is 1.11. The Kier molecular flexibility index (Phi) is 3.66. The van der Waals surface area contributed by atoms with Crippen molar-refractivity contribution in [3.8, 4) is 0 Å². The molecule has 1 amide bonds. The molecule has 0 bridgehead atoms. The van der Waals surface area contributed by atoms with Crippen molar-refractivity contribution in [2.24, 2.45) is 0 Å². The molecule has 88 valence electrons. The highest BCUT2D eigenvalue weighted by molar-refractivity contribution is 9.11. The minimum Gasteiger partial charge on any atom is -0.274 e. The largest absolute Gasteiger partial charge is 0.287 e. The molecule has 0 fully saturated rings. The molecule has 3 nitrogen and oxygen atoms in total. The van der Waals surface area contributed by atoms with Crippen LogP contribution in [-0.2, 0) is 17.7 Å². The van der Waals surface area contributed by atoms with E-state index in [0.717, 1.165) is 21.5 Å². The molecule has 0 N–H and O–H groups in total. The van der Waals surface area contributed by atoms with Crippen LogP contribution in [0.3, 0.4) is 0 Å². The molecule has 0 spiro atoms. The second-order valence-electron chi connectivity index (χ2n) is 3.85. The van der Waals surface area contributed by atoms with Gasteiger partial charge in [0.15, 0.2) is 0 Å². The summed E-state index contributed by atoms with van der Waals surface area (Å²) in [5, 5.41) is 1.28. The number of amides is 1. The highest BCUT2D eigenvalue weighted by Gasteiger charge is 2.25. The zero-order valence-electron chi connectivity index (χ0n) is 9.38. The van der Waals surface area contributed by atoms with Gasteiger partial charge in [-0.3, -0.25) is 9.63 Å². The Bertz CT molecular complexity index is 416. The molecule has 1 aliphatic rings. The van der Waals surface area contributed by atoms with Gasteiger partial charge >= 0.3 is 0 Å². The number of thiophene rings is 1. The molecule has 1 aromatic heterocycles. The monoisotopic (exact) mass is 303 g/mol. The van der Waals surface area contributed by atoms with E-state index < -0.39 is 0 Å². The van der Waals surface area contributed by atoms with E-state index in [0.29, 0.717) is 0 Å². The topological polar surface area (TPSA) is 29.5 Å². The first kappa shape index (κ1) is 12.1. The van der Waals surface area contributed by atoms with E-state index in [-0.39, 0.29) is 5.91 Å². The second-order valence-corrected chi connectivity index (χ2v) is 6.19. The van der Waals surface area contributed by atoms with Gasteiger partial charge in [-0.2, -0.15) is 0 Å². The van der Waals surface area contributed by atoms with Crippen molar-refractivity contribution < 1.29 is 9.63 Å². The van der Waals surface area contributed by atoms with Gasteiger partial charge in [0.1, 0.15) is 0 Å². The minimum absolute atomic E-state index is 0.0450. The van der Waals surface area contributed by atoms with Gasteiger partial charge in [-0.1, -0.05) is 0 Å². The summed E-state index contributed by atoms with van der Waals surface area (Å²) in [5.41, 5.74) is 2.54. The molecule has 0 unspecified atom stereocenters. The average Bonchev–Trinajstić information content (AvgIpc) is 2.65. The Balaban J connectivity index is 2.38. The van der Waals surface area contributed by atoms with Crippen molar-refractivity contribution in [3.05, 3.63) is 19.8 Å². The number of hydroxylamine groups is 2. The fourth-order valence-electron chi connectivity index (χ4n) is 1.98. The standard InChI is InChI=1S/C11H14BrNO2S/c1-13(15-2)11(14)9-7-5-3-4-6-8(7)10(12)16-9/h3-6H2,1-2H3. The highest BCUT2D eigenvalue weighted by atomic mass is 79.9. The maximum atomic E-state index is 12.1. The lowest BCUT2D eigenvalue weighted by atomic mass is 9.94. The molecule has 0 radical (unpaired) electrons. The van der Waals surface area contributed by atoms with Gasteiger partial charge in [-0.05, 0) is 52.7 Å².